The van der Waals surface area contributed by atoms with Crippen molar-refractivity contribution in [2.24, 2.45) is 0 Å². The number of benzene rings is 1. The Bertz CT molecular complexity index is 312. The van der Waals surface area contributed by atoms with Crippen molar-refractivity contribution in [2.75, 3.05) is 37.2 Å². The molecule has 17 heavy (non-hydrogen) atoms. The number of aryl methyl sites for hydroxylation is 1. The Labute approximate surface area is 105 Å². The first kappa shape index (κ1) is 13.8. The van der Waals surface area contributed by atoms with Gasteiger partial charge in [0.1, 0.15) is 0 Å². The van der Waals surface area contributed by atoms with Gasteiger partial charge in [-0.05, 0) is 56.7 Å². The van der Waals surface area contributed by atoms with E-state index in [0.717, 1.165) is 44.0 Å². The van der Waals surface area contributed by atoms with E-state index in [1.165, 1.54) is 5.56 Å². The van der Waals surface area contributed by atoms with Crippen molar-refractivity contribution in [2.45, 2.75) is 27.2 Å². The lowest BCUT2D eigenvalue weighted by Gasteiger charge is -2.18. The van der Waals surface area contributed by atoms with E-state index < -0.39 is 0 Å². The Morgan fingerprint density at radius 2 is 1.88 bits per heavy atom. The van der Waals surface area contributed by atoms with E-state index in [9.17, 15) is 0 Å². The van der Waals surface area contributed by atoms with E-state index in [-0.39, 0.29) is 0 Å². The number of hydrogen-bond donors (Lipinski definition) is 2. The SMILES string of the molecule is CCN(CC)CCCNc1cc(C)cc(N)c1. The van der Waals surface area contributed by atoms with Crippen molar-refractivity contribution < 1.29 is 0 Å². The Morgan fingerprint density at radius 1 is 1.18 bits per heavy atom. The van der Waals surface area contributed by atoms with Crippen LogP contribution in [-0.4, -0.2) is 31.1 Å². The van der Waals surface area contributed by atoms with Gasteiger partial charge in [-0.3, -0.25) is 0 Å². The van der Waals surface area contributed by atoms with Gasteiger partial charge in [-0.2, -0.15) is 0 Å². The van der Waals surface area contributed by atoms with Gasteiger partial charge in [0.15, 0.2) is 0 Å². The largest absolute Gasteiger partial charge is 0.399 e. The summed E-state index contributed by atoms with van der Waals surface area (Å²) >= 11 is 0. The van der Waals surface area contributed by atoms with Crippen LogP contribution < -0.4 is 11.1 Å². The molecule has 3 N–H and O–H groups in total. The zero-order chi connectivity index (χ0) is 12.7. The molecule has 1 rings (SSSR count). The average molecular weight is 235 g/mol. The summed E-state index contributed by atoms with van der Waals surface area (Å²) in [4.78, 5) is 2.44. The fourth-order valence-corrected chi connectivity index (χ4v) is 1.99. The zero-order valence-electron chi connectivity index (χ0n) is 11.3. The highest BCUT2D eigenvalue weighted by Gasteiger charge is 1.99. The molecule has 0 aliphatic heterocycles. The van der Waals surface area contributed by atoms with Crippen LogP contribution in [0.4, 0.5) is 11.4 Å². The van der Waals surface area contributed by atoms with Crippen LogP contribution in [-0.2, 0) is 0 Å². The van der Waals surface area contributed by atoms with Crippen molar-refractivity contribution in [3.05, 3.63) is 23.8 Å². The van der Waals surface area contributed by atoms with E-state index >= 15 is 0 Å². The van der Waals surface area contributed by atoms with Gasteiger partial charge in [0.2, 0.25) is 0 Å². The number of nitrogens with two attached hydrogens (primary N) is 1. The lowest BCUT2D eigenvalue weighted by Crippen LogP contribution is -2.25. The number of nitrogen functional groups attached to an aromatic ring is 1. The van der Waals surface area contributed by atoms with Crippen LogP contribution in [0.25, 0.3) is 0 Å². The molecule has 1 aromatic rings. The summed E-state index contributed by atoms with van der Waals surface area (Å²) in [6, 6.07) is 6.11. The van der Waals surface area contributed by atoms with Gasteiger partial charge in [0.25, 0.3) is 0 Å². The second kappa shape index (κ2) is 7.17. The standard InChI is InChI=1S/C14H25N3/c1-4-17(5-2)8-6-7-16-14-10-12(3)9-13(15)11-14/h9-11,16H,4-8,15H2,1-3H3. The maximum absolute atomic E-state index is 5.81. The molecule has 0 saturated carbocycles. The van der Waals surface area contributed by atoms with E-state index in [2.05, 4.69) is 37.1 Å². The highest BCUT2D eigenvalue weighted by molar-refractivity contribution is 5.56. The predicted molar refractivity (Wildman–Crippen MR) is 76.5 cm³/mol. The third-order valence-corrected chi connectivity index (χ3v) is 2.97. The van der Waals surface area contributed by atoms with E-state index in [4.69, 9.17) is 5.73 Å². The molecule has 0 aromatic heterocycles. The van der Waals surface area contributed by atoms with E-state index in [1.54, 1.807) is 0 Å². The number of nitrogens with one attached hydrogen (secondary N) is 1. The molecule has 0 unspecified atom stereocenters. The second-order valence-corrected chi connectivity index (χ2v) is 4.44. The molecule has 0 radical (unpaired) electrons. The quantitative estimate of drug-likeness (QED) is 0.564. The first-order valence-electron chi connectivity index (χ1n) is 6.49. The fraction of sp³-hybridized carbons (Fsp3) is 0.571. The highest BCUT2D eigenvalue weighted by Crippen LogP contribution is 2.15. The van der Waals surface area contributed by atoms with Crippen LogP contribution in [0.5, 0.6) is 0 Å². The van der Waals surface area contributed by atoms with Gasteiger partial charge in [-0.25, -0.2) is 0 Å². The molecule has 0 heterocycles. The summed E-state index contributed by atoms with van der Waals surface area (Å²) in [6.45, 7) is 10.9. The monoisotopic (exact) mass is 235 g/mol. The van der Waals surface area contributed by atoms with Crippen molar-refractivity contribution in [3.8, 4) is 0 Å². The molecule has 1 aromatic carbocycles. The van der Waals surface area contributed by atoms with Crippen LogP contribution in [0.15, 0.2) is 18.2 Å². The number of nitrogens with zero attached hydrogens (tertiary/aromatic N) is 1. The maximum Gasteiger partial charge on any atom is 0.0363 e. The summed E-state index contributed by atoms with van der Waals surface area (Å²) in [5.74, 6) is 0. The first-order chi connectivity index (χ1) is 8.15. The Morgan fingerprint density at radius 3 is 2.47 bits per heavy atom. The molecule has 0 aliphatic carbocycles. The molecule has 0 aliphatic rings. The van der Waals surface area contributed by atoms with Crippen LogP contribution >= 0.6 is 0 Å². The van der Waals surface area contributed by atoms with Gasteiger partial charge in [-0.15, -0.1) is 0 Å². The van der Waals surface area contributed by atoms with Gasteiger partial charge in [0, 0.05) is 17.9 Å². The predicted octanol–water partition coefficient (Wildman–Crippen LogP) is 2.72. The van der Waals surface area contributed by atoms with E-state index in [0.29, 0.717) is 0 Å². The molecule has 0 atom stereocenters. The maximum atomic E-state index is 5.81. The number of rotatable bonds is 7. The third kappa shape index (κ3) is 5.09. The average Bonchev–Trinajstić information content (AvgIpc) is 2.28. The van der Waals surface area contributed by atoms with Gasteiger partial charge >= 0.3 is 0 Å². The van der Waals surface area contributed by atoms with Crippen LogP contribution in [0.1, 0.15) is 25.8 Å². The summed E-state index contributed by atoms with van der Waals surface area (Å²) in [7, 11) is 0. The highest BCUT2D eigenvalue weighted by atomic mass is 15.1. The minimum absolute atomic E-state index is 0.830. The molecule has 96 valence electrons. The van der Waals surface area contributed by atoms with Crippen LogP contribution in [0.2, 0.25) is 0 Å². The Kier molecular flexibility index (Phi) is 5.84. The number of hydrogen-bond acceptors (Lipinski definition) is 3. The van der Waals surface area contributed by atoms with Crippen molar-refractivity contribution in [1.29, 1.82) is 0 Å². The topological polar surface area (TPSA) is 41.3 Å². The van der Waals surface area contributed by atoms with Crippen molar-refractivity contribution in [3.63, 3.8) is 0 Å². The molecule has 0 saturated heterocycles. The van der Waals surface area contributed by atoms with Gasteiger partial charge in [-0.1, -0.05) is 13.8 Å². The van der Waals surface area contributed by atoms with E-state index in [1.807, 2.05) is 12.1 Å². The molecule has 0 fully saturated rings. The Hall–Kier alpha value is -1.22. The summed E-state index contributed by atoms with van der Waals surface area (Å²) in [5.41, 5.74) is 8.97. The lowest BCUT2D eigenvalue weighted by molar-refractivity contribution is 0.303. The Balaban J connectivity index is 2.31. The summed E-state index contributed by atoms with van der Waals surface area (Å²) < 4.78 is 0. The minimum atomic E-state index is 0.830. The first-order valence-corrected chi connectivity index (χ1v) is 6.49. The molecular weight excluding hydrogens is 210 g/mol. The minimum Gasteiger partial charge on any atom is -0.399 e. The molecule has 0 bridgehead atoms. The lowest BCUT2D eigenvalue weighted by atomic mass is 10.2. The molecule has 0 spiro atoms. The second-order valence-electron chi connectivity index (χ2n) is 4.44. The van der Waals surface area contributed by atoms with Crippen LogP contribution in [0, 0.1) is 6.92 Å². The molecule has 3 nitrogen and oxygen atoms in total. The van der Waals surface area contributed by atoms with Crippen molar-refractivity contribution in [1.82, 2.24) is 4.90 Å². The van der Waals surface area contributed by atoms with Crippen molar-refractivity contribution >= 4 is 11.4 Å². The summed E-state index contributed by atoms with van der Waals surface area (Å²) in [5, 5.41) is 3.42. The molecule has 0 amide bonds. The normalized spacial score (nSPS) is 10.8. The summed E-state index contributed by atoms with van der Waals surface area (Å²) in [6.07, 6.45) is 1.16. The third-order valence-electron chi connectivity index (χ3n) is 2.97. The van der Waals surface area contributed by atoms with Gasteiger partial charge < -0.3 is 16.0 Å². The molecular formula is C14H25N3. The smallest absolute Gasteiger partial charge is 0.0363 e. The molecule has 3 heteroatoms. The number of anilines is 2. The van der Waals surface area contributed by atoms with Gasteiger partial charge in [0.05, 0.1) is 0 Å². The zero-order valence-corrected chi connectivity index (χ0v) is 11.3. The van der Waals surface area contributed by atoms with Crippen LogP contribution in [0.3, 0.4) is 0 Å². The fourth-order valence-electron chi connectivity index (χ4n) is 1.99.